The number of carbonyl (C=O) groups is 1. The Hall–Kier alpha value is -1.46. The Morgan fingerprint density at radius 2 is 1.85 bits per heavy atom. The van der Waals surface area contributed by atoms with Crippen molar-refractivity contribution in [1.82, 2.24) is 4.98 Å². The number of hydrogen-bond donors (Lipinski definition) is 0. The van der Waals surface area contributed by atoms with Gasteiger partial charge in [0, 0.05) is 25.9 Å². The SMILES string of the molecule is COC(=O)c1cnc2c(cc(Br)c3ccccc32)c1Br. The molecule has 100 valence electrons. The highest BCUT2D eigenvalue weighted by Gasteiger charge is 2.16. The van der Waals surface area contributed by atoms with Crippen LogP contribution in [0.4, 0.5) is 0 Å². The summed E-state index contributed by atoms with van der Waals surface area (Å²) in [6.07, 6.45) is 1.54. The van der Waals surface area contributed by atoms with Crippen LogP contribution >= 0.6 is 31.9 Å². The van der Waals surface area contributed by atoms with Crippen molar-refractivity contribution >= 4 is 59.5 Å². The van der Waals surface area contributed by atoms with Crippen LogP contribution in [0, 0.1) is 0 Å². The fourth-order valence-corrected chi connectivity index (χ4v) is 3.35. The Morgan fingerprint density at radius 3 is 2.55 bits per heavy atom. The van der Waals surface area contributed by atoms with Crippen LogP contribution in [-0.2, 0) is 4.74 Å². The smallest absolute Gasteiger partial charge is 0.340 e. The van der Waals surface area contributed by atoms with Gasteiger partial charge in [0.2, 0.25) is 0 Å². The molecule has 2 aromatic carbocycles. The minimum atomic E-state index is -0.407. The van der Waals surface area contributed by atoms with E-state index in [0.29, 0.717) is 10.0 Å². The van der Waals surface area contributed by atoms with Crippen LogP contribution in [0.5, 0.6) is 0 Å². The summed E-state index contributed by atoms with van der Waals surface area (Å²) in [6.45, 7) is 0. The van der Waals surface area contributed by atoms with Crippen molar-refractivity contribution < 1.29 is 9.53 Å². The first-order chi connectivity index (χ1) is 9.63. The van der Waals surface area contributed by atoms with Gasteiger partial charge >= 0.3 is 5.97 Å². The van der Waals surface area contributed by atoms with Crippen molar-refractivity contribution in [2.75, 3.05) is 7.11 Å². The Morgan fingerprint density at radius 1 is 1.15 bits per heavy atom. The van der Waals surface area contributed by atoms with E-state index >= 15 is 0 Å². The van der Waals surface area contributed by atoms with Crippen LogP contribution < -0.4 is 0 Å². The number of benzene rings is 2. The second kappa shape index (κ2) is 5.14. The van der Waals surface area contributed by atoms with E-state index < -0.39 is 5.97 Å². The Balaban J connectivity index is 2.45. The van der Waals surface area contributed by atoms with Crippen LogP contribution in [-0.4, -0.2) is 18.1 Å². The van der Waals surface area contributed by atoms with E-state index in [2.05, 4.69) is 36.8 Å². The van der Waals surface area contributed by atoms with E-state index in [4.69, 9.17) is 4.74 Å². The second-order valence-electron chi connectivity index (χ2n) is 4.28. The molecule has 0 bridgehead atoms. The van der Waals surface area contributed by atoms with Gasteiger partial charge in [0.05, 0.1) is 18.2 Å². The highest BCUT2D eigenvalue weighted by molar-refractivity contribution is 9.11. The molecule has 3 nitrogen and oxygen atoms in total. The third-order valence-corrected chi connectivity index (χ3v) is 4.68. The average molecular weight is 395 g/mol. The maximum atomic E-state index is 11.7. The van der Waals surface area contributed by atoms with E-state index in [1.54, 1.807) is 6.20 Å². The molecule has 0 fully saturated rings. The number of halogens is 2. The molecule has 0 saturated heterocycles. The molecule has 0 aliphatic heterocycles. The van der Waals surface area contributed by atoms with Gasteiger partial charge < -0.3 is 4.74 Å². The molecule has 1 heterocycles. The highest BCUT2D eigenvalue weighted by Crippen LogP contribution is 2.35. The predicted molar refractivity (Wildman–Crippen MR) is 86.0 cm³/mol. The topological polar surface area (TPSA) is 39.2 Å². The lowest BCUT2D eigenvalue weighted by atomic mass is 10.1. The van der Waals surface area contributed by atoms with E-state index in [0.717, 1.165) is 26.1 Å². The van der Waals surface area contributed by atoms with Crippen LogP contribution in [0.2, 0.25) is 0 Å². The number of rotatable bonds is 1. The third kappa shape index (κ3) is 2.01. The largest absolute Gasteiger partial charge is 0.465 e. The summed E-state index contributed by atoms with van der Waals surface area (Å²) in [5, 5.41) is 3.00. The van der Waals surface area contributed by atoms with Gasteiger partial charge in [-0.3, -0.25) is 4.98 Å². The van der Waals surface area contributed by atoms with E-state index in [-0.39, 0.29) is 0 Å². The predicted octanol–water partition coefficient (Wildman–Crippen LogP) is 4.70. The molecule has 1 aromatic heterocycles. The van der Waals surface area contributed by atoms with E-state index in [1.807, 2.05) is 30.3 Å². The zero-order valence-electron chi connectivity index (χ0n) is 10.5. The van der Waals surface area contributed by atoms with Gasteiger partial charge in [-0.1, -0.05) is 40.2 Å². The minimum Gasteiger partial charge on any atom is -0.465 e. The maximum absolute atomic E-state index is 11.7. The molecule has 3 rings (SSSR count). The lowest BCUT2D eigenvalue weighted by molar-refractivity contribution is 0.0599. The number of aromatic nitrogens is 1. The van der Waals surface area contributed by atoms with Gasteiger partial charge in [-0.15, -0.1) is 0 Å². The first-order valence-electron chi connectivity index (χ1n) is 5.87. The van der Waals surface area contributed by atoms with Gasteiger partial charge in [0.15, 0.2) is 0 Å². The van der Waals surface area contributed by atoms with E-state index in [9.17, 15) is 4.79 Å². The number of fused-ring (bicyclic) bond motifs is 3. The first-order valence-corrected chi connectivity index (χ1v) is 7.46. The molecule has 5 heteroatoms. The van der Waals surface area contributed by atoms with Crippen molar-refractivity contribution in [2.24, 2.45) is 0 Å². The number of ether oxygens (including phenoxy) is 1. The first kappa shape index (κ1) is 13.5. The van der Waals surface area contributed by atoms with Crippen molar-refractivity contribution in [3.63, 3.8) is 0 Å². The summed E-state index contributed by atoms with van der Waals surface area (Å²) in [4.78, 5) is 16.2. The standard InChI is InChI=1S/C15H9Br2NO2/c1-20-15(19)11-7-18-14-9-5-3-2-4-8(9)12(16)6-10(14)13(11)17/h2-7H,1H3. The molecular weight excluding hydrogens is 386 g/mol. The van der Waals surface area contributed by atoms with Crippen molar-refractivity contribution in [2.45, 2.75) is 0 Å². The molecule has 0 spiro atoms. The maximum Gasteiger partial charge on any atom is 0.340 e. The summed E-state index contributed by atoms with van der Waals surface area (Å²) in [5.74, 6) is -0.407. The van der Waals surface area contributed by atoms with Crippen molar-refractivity contribution in [1.29, 1.82) is 0 Å². The number of pyridine rings is 1. The van der Waals surface area contributed by atoms with Crippen LogP contribution in [0.15, 0.2) is 45.5 Å². The lowest BCUT2D eigenvalue weighted by Gasteiger charge is -2.09. The molecule has 0 aliphatic carbocycles. The summed E-state index contributed by atoms with van der Waals surface area (Å²) < 4.78 is 6.42. The lowest BCUT2D eigenvalue weighted by Crippen LogP contribution is -2.03. The number of nitrogens with zero attached hydrogens (tertiary/aromatic N) is 1. The van der Waals surface area contributed by atoms with Crippen molar-refractivity contribution in [3.05, 3.63) is 51.0 Å². The van der Waals surface area contributed by atoms with E-state index in [1.165, 1.54) is 7.11 Å². The van der Waals surface area contributed by atoms with Gasteiger partial charge in [-0.05, 0) is 27.4 Å². The molecule has 3 aromatic rings. The zero-order chi connectivity index (χ0) is 14.3. The molecule has 20 heavy (non-hydrogen) atoms. The van der Waals surface area contributed by atoms with Crippen LogP contribution in [0.3, 0.4) is 0 Å². The minimum absolute atomic E-state index is 0.407. The Bertz CT molecular complexity index is 846. The number of methoxy groups -OCH3 is 1. The zero-order valence-corrected chi connectivity index (χ0v) is 13.7. The molecule has 0 atom stereocenters. The molecule has 0 saturated carbocycles. The summed E-state index contributed by atoms with van der Waals surface area (Å²) in [5.41, 5.74) is 1.27. The monoisotopic (exact) mass is 393 g/mol. The van der Waals surface area contributed by atoms with Gasteiger partial charge in [0.25, 0.3) is 0 Å². The second-order valence-corrected chi connectivity index (χ2v) is 5.92. The summed E-state index contributed by atoms with van der Waals surface area (Å²) in [7, 11) is 1.36. The fourth-order valence-electron chi connectivity index (χ4n) is 2.21. The summed E-state index contributed by atoms with van der Waals surface area (Å²) in [6, 6.07) is 9.96. The quantitative estimate of drug-likeness (QED) is 0.443. The summed E-state index contributed by atoms with van der Waals surface area (Å²) >= 11 is 7.05. The normalized spacial score (nSPS) is 10.9. The molecule has 0 amide bonds. The van der Waals surface area contributed by atoms with Gasteiger partial charge in [-0.25, -0.2) is 4.79 Å². The number of hydrogen-bond acceptors (Lipinski definition) is 3. The van der Waals surface area contributed by atoms with Crippen LogP contribution in [0.1, 0.15) is 10.4 Å². The fraction of sp³-hybridized carbons (Fsp3) is 0.0667. The van der Waals surface area contributed by atoms with Crippen LogP contribution in [0.25, 0.3) is 21.7 Å². The Labute approximate surface area is 132 Å². The number of carbonyl (C=O) groups excluding carboxylic acids is 1. The third-order valence-electron chi connectivity index (χ3n) is 3.17. The average Bonchev–Trinajstić information content (AvgIpc) is 2.48. The number of esters is 1. The Kier molecular flexibility index (Phi) is 3.48. The molecule has 0 unspecified atom stereocenters. The van der Waals surface area contributed by atoms with Crippen molar-refractivity contribution in [3.8, 4) is 0 Å². The highest BCUT2D eigenvalue weighted by atomic mass is 79.9. The molecule has 0 N–H and O–H groups in total. The molecular formula is C15H9Br2NO2. The van der Waals surface area contributed by atoms with Gasteiger partial charge in [-0.2, -0.15) is 0 Å². The molecule has 0 radical (unpaired) electrons. The molecule has 0 aliphatic rings. The van der Waals surface area contributed by atoms with Gasteiger partial charge in [0.1, 0.15) is 0 Å².